The van der Waals surface area contributed by atoms with Crippen molar-refractivity contribution in [3.8, 4) is 0 Å². The lowest BCUT2D eigenvalue weighted by atomic mass is 9.97. The molecule has 15 nitrogen and oxygen atoms in total. The van der Waals surface area contributed by atoms with E-state index in [2.05, 4.69) is 10.6 Å². The highest BCUT2D eigenvalue weighted by atomic mass is 16.4. The van der Waals surface area contributed by atoms with E-state index in [1.165, 1.54) is 0 Å². The number of nitrogens with two attached hydrogens (primary N) is 3. The number of hydrogen-bond donors (Lipinski definition) is 8. The Hall–Kier alpha value is -3.75. The highest BCUT2D eigenvalue weighted by Gasteiger charge is 2.34. The number of aliphatic carboxylic acids is 2. The Labute approximate surface area is 188 Å². The van der Waals surface area contributed by atoms with Crippen molar-refractivity contribution in [3.63, 3.8) is 0 Å². The van der Waals surface area contributed by atoms with Gasteiger partial charge in [0, 0.05) is 0 Å². The summed E-state index contributed by atoms with van der Waals surface area (Å²) in [6.07, 6.45) is -1.77. The molecule has 0 saturated carbocycles. The number of carboxylic acids is 2. The van der Waals surface area contributed by atoms with Gasteiger partial charge in [0.1, 0.15) is 18.1 Å². The number of carbonyl (C=O) groups excluding carboxylic acids is 5. The Morgan fingerprint density at radius 3 is 1.70 bits per heavy atom. The molecule has 0 aliphatic heterocycles. The van der Waals surface area contributed by atoms with Crippen LogP contribution in [-0.4, -0.2) is 75.9 Å². The maximum Gasteiger partial charge on any atom is 0.326 e. The lowest BCUT2D eigenvalue weighted by Gasteiger charge is -2.27. The average molecular weight is 474 g/mol. The van der Waals surface area contributed by atoms with Gasteiger partial charge in [0.2, 0.25) is 29.5 Å². The third kappa shape index (κ3) is 10.9. The Balaban J connectivity index is 5.61. The number of hydrogen-bond acceptors (Lipinski definition) is 8. The highest BCUT2D eigenvalue weighted by molar-refractivity contribution is 5.97. The summed E-state index contributed by atoms with van der Waals surface area (Å²) in [6.45, 7) is 3.23. The van der Waals surface area contributed by atoms with Gasteiger partial charge in [-0.25, -0.2) is 4.79 Å². The van der Waals surface area contributed by atoms with E-state index in [4.69, 9.17) is 27.4 Å². The lowest BCUT2D eigenvalue weighted by molar-refractivity contribution is -0.147. The van der Waals surface area contributed by atoms with Gasteiger partial charge in [-0.2, -0.15) is 0 Å². The van der Waals surface area contributed by atoms with Crippen LogP contribution in [0.1, 0.15) is 39.5 Å². The Bertz CT molecular complexity index is 787. The lowest BCUT2D eigenvalue weighted by Crippen LogP contribution is -2.59. The molecule has 0 aromatic carbocycles. The molecule has 0 bridgehead atoms. The maximum absolute atomic E-state index is 12.7. The fourth-order valence-corrected chi connectivity index (χ4v) is 2.59. The first-order valence-corrected chi connectivity index (χ1v) is 9.87. The highest BCUT2D eigenvalue weighted by Crippen LogP contribution is 2.10. The first-order chi connectivity index (χ1) is 15.2. The van der Waals surface area contributed by atoms with Crippen molar-refractivity contribution >= 4 is 41.5 Å². The van der Waals surface area contributed by atoms with E-state index in [1.54, 1.807) is 13.8 Å². The van der Waals surface area contributed by atoms with Gasteiger partial charge in [-0.3, -0.25) is 28.8 Å². The molecule has 0 aromatic rings. The molecule has 11 N–H and O–H groups in total. The molecule has 5 amide bonds. The average Bonchev–Trinajstić information content (AvgIpc) is 2.68. The maximum atomic E-state index is 12.7. The predicted octanol–water partition coefficient (Wildman–Crippen LogP) is -3.88. The van der Waals surface area contributed by atoms with E-state index in [9.17, 15) is 33.6 Å². The molecule has 15 heteroatoms. The molecular formula is C18H30N6O9. The quantitative estimate of drug-likeness (QED) is 0.114. The molecule has 0 spiro atoms. The van der Waals surface area contributed by atoms with E-state index in [1.807, 2.05) is 5.32 Å². The molecule has 0 radical (unpaired) electrons. The van der Waals surface area contributed by atoms with Gasteiger partial charge >= 0.3 is 11.9 Å². The van der Waals surface area contributed by atoms with Crippen LogP contribution in [0.15, 0.2) is 0 Å². The minimum absolute atomic E-state index is 0.339. The van der Waals surface area contributed by atoms with Crippen molar-refractivity contribution in [2.45, 2.75) is 63.7 Å². The monoisotopic (exact) mass is 474 g/mol. The summed E-state index contributed by atoms with van der Waals surface area (Å²) in [7, 11) is 0. The third-order valence-corrected chi connectivity index (χ3v) is 4.58. The summed E-state index contributed by atoms with van der Waals surface area (Å²) in [5.41, 5.74) is 15.6. The number of rotatable bonds is 15. The van der Waals surface area contributed by atoms with Gasteiger partial charge < -0.3 is 43.4 Å². The Kier molecular flexibility index (Phi) is 12.1. The van der Waals surface area contributed by atoms with Gasteiger partial charge in [0.05, 0.1) is 25.3 Å². The van der Waals surface area contributed by atoms with Crippen LogP contribution >= 0.6 is 0 Å². The molecule has 0 aromatic heterocycles. The first-order valence-electron chi connectivity index (χ1n) is 9.87. The number of nitrogens with one attached hydrogen (secondary N) is 3. The SMILES string of the molecule is CCC(C)C(NC(=O)C(CC(N)=O)NC(=O)C(N)CC(N)=O)C(=O)NC(CC(=O)O)C(=O)O. The van der Waals surface area contributed by atoms with Crippen LogP contribution in [-0.2, 0) is 33.6 Å². The standard InChI is InChI=1S/C18H30N6O9/c1-3-7(2)14(17(31)23-10(18(32)33)6-13(27)28)24-16(30)9(5-12(21)26)22-15(29)8(19)4-11(20)25/h7-10,14H,3-6,19H2,1-2H3,(H2,20,25)(H2,21,26)(H,22,29)(H,23,31)(H,24,30)(H,27,28)(H,32,33). The third-order valence-electron chi connectivity index (χ3n) is 4.58. The van der Waals surface area contributed by atoms with Gasteiger partial charge in [0.15, 0.2) is 0 Å². The predicted molar refractivity (Wildman–Crippen MR) is 111 cm³/mol. The molecular weight excluding hydrogens is 444 g/mol. The second-order valence-corrected chi connectivity index (χ2v) is 7.38. The van der Waals surface area contributed by atoms with Crippen molar-refractivity contribution in [1.82, 2.24) is 16.0 Å². The zero-order chi connectivity index (χ0) is 25.9. The second-order valence-electron chi connectivity index (χ2n) is 7.38. The molecule has 33 heavy (non-hydrogen) atoms. The molecule has 0 saturated heterocycles. The van der Waals surface area contributed by atoms with E-state index in [0.717, 1.165) is 0 Å². The fourth-order valence-electron chi connectivity index (χ4n) is 2.59. The molecule has 5 unspecified atom stereocenters. The zero-order valence-corrected chi connectivity index (χ0v) is 18.2. The van der Waals surface area contributed by atoms with Crippen molar-refractivity contribution in [3.05, 3.63) is 0 Å². The van der Waals surface area contributed by atoms with Crippen LogP contribution in [0.5, 0.6) is 0 Å². The minimum Gasteiger partial charge on any atom is -0.481 e. The molecule has 0 aliphatic rings. The smallest absolute Gasteiger partial charge is 0.326 e. The van der Waals surface area contributed by atoms with Crippen LogP contribution in [0.3, 0.4) is 0 Å². The van der Waals surface area contributed by atoms with Gasteiger partial charge in [0.25, 0.3) is 0 Å². The summed E-state index contributed by atoms with van der Waals surface area (Å²) in [5, 5.41) is 24.4. The molecule has 186 valence electrons. The van der Waals surface area contributed by atoms with E-state index >= 15 is 0 Å². The van der Waals surface area contributed by atoms with Crippen molar-refractivity contribution in [1.29, 1.82) is 0 Å². The number of primary amides is 2. The minimum atomic E-state index is -1.76. The van der Waals surface area contributed by atoms with Crippen molar-refractivity contribution in [2.24, 2.45) is 23.1 Å². The second kappa shape index (κ2) is 13.6. The van der Waals surface area contributed by atoms with Gasteiger partial charge in [-0.15, -0.1) is 0 Å². The number of carbonyl (C=O) groups is 7. The van der Waals surface area contributed by atoms with Crippen molar-refractivity contribution < 1.29 is 43.8 Å². The van der Waals surface area contributed by atoms with Crippen LogP contribution in [0.2, 0.25) is 0 Å². The van der Waals surface area contributed by atoms with Gasteiger partial charge in [-0.1, -0.05) is 20.3 Å². The van der Waals surface area contributed by atoms with Crippen LogP contribution in [0.25, 0.3) is 0 Å². The number of carboxylic acid groups (broad SMARTS) is 2. The van der Waals surface area contributed by atoms with E-state index in [-0.39, 0.29) is 0 Å². The van der Waals surface area contributed by atoms with E-state index in [0.29, 0.717) is 6.42 Å². The Morgan fingerprint density at radius 1 is 0.758 bits per heavy atom. The normalized spacial score (nSPS) is 15.1. The number of amides is 5. The van der Waals surface area contributed by atoms with Crippen LogP contribution in [0.4, 0.5) is 0 Å². The summed E-state index contributed by atoms with van der Waals surface area (Å²) in [4.78, 5) is 81.9. The first kappa shape index (κ1) is 29.2. The Morgan fingerprint density at radius 2 is 1.27 bits per heavy atom. The van der Waals surface area contributed by atoms with Crippen LogP contribution in [0, 0.1) is 5.92 Å². The molecule has 0 fully saturated rings. The summed E-state index contributed by atoms with van der Waals surface area (Å²) >= 11 is 0. The largest absolute Gasteiger partial charge is 0.481 e. The molecule has 0 rings (SSSR count). The summed E-state index contributed by atoms with van der Waals surface area (Å²) < 4.78 is 0. The van der Waals surface area contributed by atoms with Gasteiger partial charge in [-0.05, 0) is 5.92 Å². The zero-order valence-electron chi connectivity index (χ0n) is 18.2. The topological polar surface area (TPSA) is 274 Å². The molecule has 5 atom stereocenters. The molecule has 0 heterocycles. The van der Waals surface area contributed by atoms with Crippen LogP contribution < -0.4 is 33.2 Å². The fraction of sp³-hybridized carbons (Fsp3) is 0.611. The summed E-state index contributed by atoms with van der Waals surface area (Å²) in [5.74, 6) is -8.46. The van der Waals surface area contributed by atoms with Crippen molar-refractivity contribution in [2.75, 3.05) is 0 Å². The molecule has 0 aliphatic carbocycles. The summed E-state index contributed by atoms with van der Waals surface area (Å²) in [6, 6.07) is -6.08. The van der Waals surface area contributed by atoms with E-state index < -0.39 is 90.8 Å².